The lowest BCUT2D eigenvalue weighted by Crippen LogP contribution is -2.37. The second-order valence-corrected chi connectivity index (χ2v) is 7.82. The second-order valence-electron chi connectivity index (χ2n) is 5.49. The third-order valence-electron chi connectivity index (χ3n) is 3.80. The van der Waals surface area contributed by atoms with Crippen LogP contribution in [0.5, 0.6) is 0 Å². The normalized spacial score (nSPS) is 27.6. The molecule has 0 radical (unpaired) electrons. The van der Waals surface area contributed by atoms with Crippen molar-refractivity contribution in [3.05, 3.63) is 0 Å². The van der Waals surface area contributed by atoms with Gasteiger partial charge in [-0.15, -0.1) is 0 Å². The first-order valence-electron chi connectivity index (χ1n) is 5.93. The summed E-state index contributed by atoms with van der Waals surface area (Å²) in [5.41, 5.74) is 0. The van der Waals surface area contributed by atoms with Gasteiger partial charge in [0.15, 0.2) is 0 Å². The van der Waals surface area contributed by atoms with E-state index in [4.69, 9.17) is 0 Å². The summed E-state index contributed by atoms with van der Waals surface area (Å²) in [5, 5.41) is -0.195. The van der Waals surface area contributed by atoms with E-state index in [2.05, 4.69) is 0 Å². The van der Waals surface area contributed by atoms with Crippen LogP contribution in [0.2, 0.25) is 0 Å². The molecular formula is C12H22O3S. The minimum atomic E-state index is -2.88. The summed E-state index contributed by atoms with van der Waals surface area (Å²) in [6.45, 7) is 6.05. The number of carbonyl (C=O) groups is 1. The molecule has 1 rings (SSSR count). The quantitative estimate of drug-likeness (QED) is 0.746. The molecule has 0 spiro atoms. The van der Waals surface area contributed by atoms with E-state index in [1.807, 2.05) is 20.8 Å². The lowest BCUT2D eigenvalue weighted by atomic mass is 9.78. The average molecular weight is 246 g/mol. The summed E-state index contributed by atoms with van der Waals surface area (Å²) in [4.78, 5) is 11.8. The molecule has 0 aromatic heterocycles. The first-order chi connectivity index (χ1) is 7.21. The van der Waals surface area contributed by atoms with E-state index in [0.717, 1.165) is 0 Å². The average Bonchev–Trinajstić information content (AvgIpc) is 2.06. The van der Waals surface area contributed by atoms with Crippen molar-refractivity contribution in [1.29, 1.82) is 0 Å². The fraction of sp³-hybridized carbons (Fsp3) is 0.917. The number of ketones is 1. The van der Waals surface area contributed by atoms with E-state index < -0.39 is 9.84 Å². The third kappa shape index (κ3) is 3.30. The Labute approximate surface area is 98.5 Å². The molecule has 4 heteroatoms. The van der Waals surface area contributed by atoms with Gasteiger partial charge in [0.1, 0.15) is 15.6 Å². The van der Waals surface area contributed by atoms with Crippen LogP contribution >= 0.6 is 0 Å². The molecule has 94 valence electrons. The maximum Gasteiger partial charge on any atom is 0.150 e. The number of carbonyl (C=O) groups excluding carboxylic acids is 1. The van der Waals surface area contributed by atoms with E-state index in [-0.39, 0.29) is 17.0 Å². The molecule has 1 atom stereocenters. The van der Waals surface area contributed by atoms with Gasteiger partial charge < -0.3 is 0 Å². The van der Waals surface area contributed by atoms with Crippen molar-refractivity contribution in [3.8, 4) is 0 Å². The fourth-order valence-electron chi connectivity index (χ4n) is 2.03. The predicted molar refractivity (Wildman–Crippen MR) is 65.0 cm³/mol. The number of Topliss-reactive ketones (excluding diaryl/α,β-unsaturated/α-hetero) is 1. The molecule has 0 amide bonds. The Morgan fingerprint density at radius 1 is 1.25 bits per heavy atom. The van der Waals surface area contributed by atoms with Gasteiger partial charge in [-0.2, -0.15) is 0 Å². The van der Waals surface area contributed by atoms with Crippen LogP contribution in [0.1, 0.15) is 40.0 Å². The van der Waals surface area contributed by atoms with E-state index in [1.165, 1.54) is 6.26 Å². The van der Waals surface area contributed by atoms with Crippen LogP contribution in [0.4, 0.5) is 0 Å². The summed E-state index contributed by atoms with van der Waals surface area (Å²) < 4.78 is 22.4. The smallest absolute Gasteiger partial charge is 0.150 e. The van der Waals surface area contributed by atoms with Crippen LogP contribution in [0.3, 0.4) is 0 Å². The van der Waals surface area contributed by atoms with Gasteiger partial charge in [0.2, 0.25) is 0 Å². The van der Waals surface area contributed by atoms with Gasteiger partial charge in [-0.25, -0.2) is 8.42 Å². The fourth-order valence-corrected chi connectivity index (χ4v) is 3.28. The Morgan fingerprint density at radius 2 is 1.75 bits per heavy atom. The summed E-state index contributed by atoms with van der Waals surface area (Å²) in [5.74, 6) is 1.05. The first kappa shape index (κ1) is 13.7. The van der Waals surface area contributed by atoms with Crippen molar-refractivity contribution in [3.63, 3.8) is 0 Å². The van der Waals surface area contributed by atoms with Gasteiger partial charge in [-0.1, -0.05) is 20.8 Å². The lowest BCUT2D eigenvalue weighted by molar-refractivity contribution is -0.125. The second kappa shape index (κ2) is 4.86. The molecule has 0 aromatic carbocycles. The highest BCUT2D eigenvalue weighted by Gasteiger charge is 2.37. The highest BCUT2D eigenvalue weighted by molar-refractivity contribution is 7.91. The summed E-state index contributed by atoms with van der Waals surface area (Å²) in [7, 11) is -2.88. The van der Waals surface area contributed by atoms with Crippen molar-refractivity contribution >= 4 is 15.6 Å². The van der Waals surface area contributed by atoms with Crippen molar-refractivity contribution in [2.24, 2.45) is 17.8 Å². The Kier molecular flexibility index (Phi) is 4.16. The van der Waals surface area contributed by atoms with Crippen LogP contribution in [0, 0.1) is 17.8 Å². The van der Waals surface area contributed by atoms with Crippen molar-refractivity contribution < 1.29 is 13.2 Å². The van der Waals surface area contributed by atoms with E-state index in [1.54, 1.807) is 0 Å². The Bertz CT molecular complexity index is 350. The summed E-state index contributed by atoms with van der Waals surface area (Å²) >= 11 is 0. The highest BCUT2D eigenvalue weighted by Crippen LogP contribution is 2.36. The Hall–Kier alpha value is -0.380. The number of rotatable bonds is 5. The van der Waals surface area contributed by atoms with Gasteiger partial charge in [-0.05, 0) is 24.7 Å². The van der Waals surface area contributed by atoms with Gasteiger partial charge in [0.05, 0.1) is 5.25 Å². The minimum absolute atomic E-state index is 0.0947. The molecule has 0 saturated heterocycles. The zero-order valence-electron chi connectivity index (χ0n) is 10.6. The molecule has 0 bridgehead atoms. The van der Waals surface area contributed by atoms with E-state index >= 15 is 0 Å². The number of sulfone groups is 1. The zero-order valence-corrected chi connectivity index (χ0v) is 11.4. The Balaban J connectivity index is 2.36. The molecule has 0 heterocycles. The molecule has 0 unspecified atom stereocenters. The van der Waals surface area contributed by atoms with Crippen molar-refractivity contribution in [2.75, 3.05) is 6.26 Å². The van der Waals surface area contributed by atoms with Crippen molar-refractivity contribution in [2.45, 2.75) is 45.3 Å². The lowest BCUT2D eigenvalue weighted by Gasteiger charge is -2.34. The molecule has 1 saturated carbocycles. The van der Waals surface area contributed by atoms with Gasteiger partial charge in [0, 0.05) is 18.6 Å². The highest BCUT2D eigenvalue weighted by atomic mass is 32.2. The summed E-state index contributed by atoms with van der Waals surface area (Å²) in [6, 6.07) is 0. The van der Waals surface area contributed by atoms with Crippen LogP contribution in [0.15, 0.2) is 0 Å². The zero-order chi connectivity index (χ0) is 12.5. The van der Waals surface area contributed by atoms with E-state index in [0.29, 0.717) is 31.1 Å². The number of hydrogen-bond donors (Lipinski definition) is 0. The van der Waals surface area contributed by atoms with Gasteiger partial charge >= 0.3 is 0 Å². The molecule has 1 aliphatic carbocycles. The molecule has 1 fully saturated rings. The predicted octanol–water partition coefficient (Wildman–Crippen LogP) is 2.06. The maximum absolute atomic E-state index is 11.8. The topological polar surface area (TPSA) is 51.2 Å². The minimum Gasteiger partial charge on any atom is -0.299 e. The summed E-state index contributed by atoms with van der Waals surface area (Å²) in [6.07, 6.45) is 3.20. The molecule has 3 nitrogen and oxygen atoms in total. The monoisotopic (exact) mass is 246 g/mol. The molecule has 0 N–H and O–H groups in total. The van der Waals surface area contributed by atoms with E-state index in [9.17, 15) is 13.2 Å². The standard InChI is InChI=1S/C12H22O3S/c1-8(2)9(3)12(13)7-10-5-11(6-10)16(4,14)15/h8-11H,5-7H2,1-4H3/t9-,10?,11?/m1/s1. The largest absolute Gasteiger partial charge is 0.299 e. The third-order valence-corrected chi connectivity index (χ3v) is 5.39. The first-order valence-corrected chi connectivity index (χ1v) is 7.88. The van der Waals surface area contributed by atoms with Gasteiger partial charge in [-0.3, -0.25) is 4.79 Å². The SMILES string of the molecule is CC(C)[C@@H](C)C(=O)CC1CC(S(C)(=O)=O)C1. The van der Waals surface area contributed by atoms with Crippen LogP contribution in [-0.2, 0) is 14.6 Å². The number of hydrogen-bond acceptors (Lipinski definition) is 3. The molecular weight excluding hydrogens is 224 g/mol. The van der Waals surface area contributed by atoms with Crippen LogP contribution in [-0.4, -0.2) is 25.7 Å². The van der Waals surface area contributed by atoms with Gasteiger partial charge in [0.25, 0.3) is 0 Å². The maximum atomic E-state index is 11.8. The molecule has 0 aliphatic heterocycles. The molecule has 0 aromatic rings. The Morgan fingerprint density at radius 3 is 2.12 bits per heavy atom. The van der Waals surface area contributed by atoms with Crippen LogP contribution in [0.25, 0.3) is 0 Å². The molecule has 1 aliphatic rings. The van der Waals surface area contributed by atoms with Crippen molar-refractivity contribution in [1.82, 2.24) is 0 Å². The molecule has 16 heavy (non-hydrogen) atoms. The van der Waals surface area contributed by atoms with Crippen LogP contribution < -0.4 is 0 Å².